The number of thiocarbonyl (C=S) groups is 1. The molecule has 1 saturated heterocycles. The number of fused-ring (bicyclic) bond motifs is 1. The molecule has 28 heavy (non-hydrogen) atoms. The number of anilines is 1. The Morgan fingerprint density at radius 1 is 1.39 bits per heavy atom. The van der Waals surface area contributed by atoms with Crippen molar-refractivity contribution in [2.45, 2.75) is 57.7 Å². The highest BCUT2D eigenvalue weighted by atomic mass is 32.1. The van der Waals surface area contributed by atoms with E-state index in [2.05, 4.69) is 10.6 Å². The Balaban J connectivity index is 1.57. The van der Waals surface area contributed by atoms with Crippen molar-refractivity contribution in [1.82, 2.24) is 10.2 Å². The molecular weight excluding hydrogens is 376 g/mol. The van der Waals surface area contributed by atoms with E-state index in [0.717, 1.165) is 36.3 Å². The second-order valence-corrected chi connectivity index (χ2v) is 8.73. The fraction of sp³-hybridized carbons (Fsp3) is 0.600. The average molecular weight is 407 g/mol. The fourth-order valence-corrected chi connectivity index (χ4v) is 3.79. The molecule has 0 saturated carbocycles. The molecular formula is C20H30N4O3S. The van der Waals surface area contributed by atoms with E-state index in [1.165, 1.54) is 0 Å². The van der Waals surface area contributed by atoms with Crippen LogP contribution in [0.3, 0.4) is 0 Å². The van der Waals surface area contributed by atoms with Gasteiger partial charge >= 0.3 is 6.09 Å². The van der Waals surface area contributed by atoms with Crippen LogP contribution in [-0.2, 0) is 11.2 Å². The van der Waals surface area contributed by atoms with Gasteiger partial charge in [-0.1, -0.05) is 6.07 Å². The third kappa shape index (κ3) is 5.26. The van der Waals surface area contributed by atoms with Crippen LogP contribution in [0.25, 0.3) is 0 Å². The molecule has 0 aliphatic carbocycles. The molecule has 1 amide bonds. The largest absolute Gasteiger partial charge is 0.493 e. The summed E-state index contributed by atoms with van der Waals surface area (Å²) in [7, 11) is 0. The Morgan fingerprint density at radius 2 is 2.18 bits per heavy atom. The van der Waals surface area contributed by atoms with E-state index in [-0.39, 0.29) is 18.2 Å². The van der Waals surface area contributed by atoms with Crippen LogP contribution in [0.1, 0.15) is 39.2 Å². The summed E-state index contributed by atoms with van der Waals surface area (Å²) in [5.41, 5.74) is 7.98. The lowest BCUT2D eigenvalue weighted by molar-refractivity contribution is 0.0248. The summed E-state index contributed by atoms with van der Waals surface area (Å²) in [6, 6.07) is 5.67. The molecule has 0 spiro atoms. The minimum absolute atomic E-state index is 0.0135. The maximum atomic E-state index is 12.4. The molecule has 2 heterocycles. The van der Waals surface area contributed by atoms with E-state index in [1.54, 1.807) is 4.90 Å². The minimum Gasteiger partial charge on any atom is -0.493 e. The zero-order valence-electron chi connectivity index (χ0n) is 16.8. The van der Waals surface area contributed by atoms with Gasteiger partial charge in [0.1, 0.15) is 11.4 Å². The summed E-state index contributed by atoms with van der Waals surface area (Å²) in [6.45, 7) is 7.35. The molecule has 0 radical (unpaired) electrons. The van der Waals surface area contributed by atoms with E-state index in [0.29, 0.717) is 24.8 Å². The fourth-order valence-electron chi connectivity index (χ4n) is 3.53. The van der Waals surface area contributed by atoms with E-state index >= 15 is 0 Å². The van der Waals surface area contributed by atoms with Gasteiger partial charge < -0.3 is 30.7 Å². The predicted octanol–water partition coefficient (Wildman–Crippen LogP) is 2.63. The van der Waals surface area contributed by atoms with Crippen molar-refractivity contribution >= 4 is 29.1 Å². The first-order chi connectivity index (χ1) is 13.2. The zero-order chi connectivity index (χ0) is 20.3. The van der Waals surface area contributed by atoms with Crippen LogP contribution >= 0.6 is 12.2 Å². The lowest BCUT2D eigenvalue weighted by atomic mass is 10.1. The van der Waals surface area contributed by atoms with Gasteiger partial charge in [0.2, 0.25) is 0 Å². The van der Waals surface area contributed by atoms with E-state index in [1.807, 2.05) is 39.0 Å². The van der Waals surface area contributed by atoms with Gasteiger partial charge in [-0.05, 0) is 58.0 Å². The second kappa shape index (κ2) is 8.53. The van der Waals surface area contributed by atoms with E-state index in [9.17, 15) is 4.79 Å². The van der Waals surface area contributed by atoms with Crippen LogP contribution in [0.2, 0.25) is 0 Å². The molecule has 8 heteroatoms. The third-order valence-electron chi connectivity index (χ3n) is 4.85. The minimum atomic E-state index is -0.518. The number of ether oxygens (including phenoxy) is 2. The van der Waals surface area contributed by atoms with Gasteiger partial charge in [0.05, 0.1) is 6.61 Å². The van der Waals surface area contributed by atoms with Crippen LogP contribution < -0.4 is 21.1 Å². The summed E-state index contributed by atoms with van der Waals surface area (Å²) >= 11 is 5.51. The Bertz CT molecular complexity index is 735. The van der Waals surface area contributed by atoms with E-state index in [4.69, 9.17) is 27.4 Å². The lowest BCUT2D eigenvalue weighted by Crippen LogP contribution is -2.52. The number of rotatable bonds is 2. The molecule has 2 aliphatic heterocycles. The van der Waals surface area contributed by atoms with Crippen molar-refractivity contribution in [2.75, 3.05) is 25.0 Å². The SMILES string of the molecule is CC(C)(C)OC(=O)N1CCC[C@H](NC(=S)Nc2cccc3c2CCO3)[C@H](N)C1. The first-order valence-corrected chi connectivity index (χ1v) is 10.2. The first-order valence-electron chi connectivity index (χ1n) is 9.78. The highest BCUT2D eigenvalue weighted by Crippen LogP contribution is 2.31. The number of carbonyl (C=O) groups excluding carboxylic acids is 1. The number of nitrogens with two attached hydrogens (primary N) is 1. The van der Waals surface area contributed by atoms with Gasteiger partial charge in [0.15, 0.2) is 5.11 Å². The Kier molecular flexibility index (Phi) is 6.30. The molecule has 0 unspecified atom stereocenters. The summed E-state index contributed by atoms with van der Waals surface area (Å²) in [5.74, 6) is 0.909. The summed E-state index contributed by atoms with van der Waals surface area (Å²) < 4.78 is 11.1. The quantitative estimate of drug-likeness (QED) is 0.651. The summed E-state index contributed by atoms with van der Waals surface area (Å²) in [6.07, 6.45) is 2.22. The maximum absolute atomic E-state index is 12.4. The van der Waals surface area contributed by atoms with Crippen molar-refractivity contribution in [3.63, 3.8) is 0 Å². The Morgan fingerprint density at radius 3 is 2.93 bits per heavy atom. The second-order valence-electron chi connectivity index (χ2n) is 8.32. The first kappa shape index (κ1) is 20.7. The monoisotopic (exact) mass is 406 g/mol. The molecule has 4 N–H and O–H groups in total. The van der Waals surface area contributed by atoms with Crippen LogP contribution in [0.4, 0.5) is 10.5 Å². The number of carbonyl (C=O) groups is 1. The van der Waals surface area contributed by atoms with Crippen LogP contribution in [0.5, 0.6) is 5.75 Å². The molecule has 1 fully saturated rings. The van der Waals surface area contributed by atoms with Gasteiger partial charge in [-0.15, -0.1) is 0 Å². The number of hydrogen-bond acceptors (Lipinski definition) is 5. The third-order valence-corrected chi connectivity index (χ3v) is 5.07. The van der Waals surface area contributed by atoms with E-state index < -0.39 is 5.60 Å². The average Bonchev–Trinajstić information content (AvgIpc) is 3.00. The molecule has 0 aromatic heterocycles. The van der Waals surface area contributed by atoms with Crippen LogP contribution in [-0.4, -0.2) is 53.5 Å². The maximum Gasteiger partial charge on any atom is 0.410 e. The van der Waals surface area contributed by atoms with Crippen LogP contribution in [0.15, 0.2) is 18.2 Å². The molecule has 2 atom stereocenters. The zero-order valence-corrected chi connectivity index (χ0v) is 17.6. The molecule has 0 bridgehead atoms. The number of hydrogen-bond donors (Lipinski definition) is 3. The number of benzene rings is 1. The Labute approximate surface area is 171 Å². The van der Waals surface area contributed by atoms with Gasteiger partial charge in [0.25, 0.3) is 0 Å². The molecule has 7 nitrogen and oxygen atoms in total. The van der Waals surface area contributed by atoms with Gasteiger partial charge in [-0.25, -0.2) is 4.79 Å². The van der Waals surface area contributed by atoms with Crippen molar-refractivity contribution in [3.8, 4) is 5.75 Å². The van der Waals surface area contributed by atoms with Crippen molar-refractivity contribution in [1.29, 1.82) is 0 Å². The number of amides is 1. The molecule has 2 aliphatic rings. The predicted molar refractivity (Wildman–Crippen MR) is 114 cm³/mol. The summed E-state index contributed by atoms with van der Waals surface area (Å²) in [5, 5.41) is 7.14. The smallest absolute Gasteiger partial charge is 0.410 e. The van der Waals surface area contributed by atoms with Gasteiger partial charge in [0, 0.05) is 42.8 Å². The van der Waals surface area contributed by atoms with Gasteiger partial charge in [-0.3, -0.25) is 0 Å². The van der Waals surface area contributed by atoms with Crippen molar-refractivity contribution in [2.24, 2.45) is 5.73 Å². The Hall–Kier alpha value is -2.06. The van der Waals surface area contributed by atoms with Crippen molar-refractivity contribution < 1.29 is 14.3 Å². The lowest BCUT2D eigenvalue weighted by Gasteiger charge is -2.29. The van der Waals surface area contributed by atoms with Gasteiger partial charge in [-0.2, -0.15) is 0 Å². The molecule has 3 rings (SSSR count). The number of likely N-dealkylation sites (tertiary alicyclic amines) is 1. The highest BCUT2D eigenvalue weighted by molar-refractivity contribution is 7.80. The molecule has 1 aromatic rings. The normalized spacial score (nSPS) is 21.9. The topological polar surface area (TPSA) is 88.8 Å². The summed E-state index contributed by atoms with van der Waals surface area (Å²) in [4.78, 5) is 14.1. The number of nitrogens with zero attached hydrogens (tertiary/aromatic N) is 1. The van der Waals surface area contributed by atoms with Crippen LogP contribution in [0, 0.1) is 0 Å². The molecule has 154 valence electrons. The number of nitrogens with one attached hydrogen (secondary N) is 2. The van der Waals surface area contributed by atoms with Crippen molar-refractivity contribution in [3.05, 3.63) is 23.8 Å². The highest BCUT2D eigenvalue weighted by Gasteiger charge is 2.30. The standard InChI is InChI=1S/C20H30N4O3S/c1-20(2,3)27-19(25)24-10-5-7-16(14(21)12-24)23-18(28)22-15-6-4-8-17-13(15)9-11-26-17/h4,6,8,14,16H,5,7,9-12,21H2,1-3H3,(H2,22,23,28)/t14-,16+/m1/s1. The molecule has 1 aromatic carbocycles.